The number of piperazine rings is 1. The Morgan fingerprint density at radius 1 is 0.893 bits per heavy atom. The Kier molecular flexibility index (Phi) is 7.44. The van der Waals surface area contributed by atoms with Crippen molar-refractivity contribution in [2.75, 3.05) is 39.3 Å². The zero-order valence-electron chi connectivity index (χ0n) is 16.0. The van der Waals surface area contributed by atoms with E-state index >= 15 is 0 Å². The summed E-state index contributed by atoms with van der Waals surface area (Å²) < 4.78 is 5.39. The first-order valence-corrected chi connectivity index (χ1v) is 9.69. The standard InChI is InChI=1S/C22H27N3O3/c26-21(18-28-20-9-5-2-6-10-20)23-12-11-22(27)25-15-13-24(14-16-25)17-19-7-3-1-4-8-19/h1-10H,11-18H2,(H,23,26). The predicted molar refractivity (Wildman–Crippen MR) is 108 cm³/mol. The fraction of sp³-hybridized carbons (Fsp3) is 0.364. The number of benzene rings is 2. The second-order valence-electron chi connectivity index (χ2n) is 6.84. The van der Waals surface area contributed by atoms with Crippen molar-refractivity contribution in [3.63, 3.8) is 0 Å². The van der Waals surface area contributed by atoms with E-state index in [2.05, 4.69) is 22.3 Å². The SMILES string of the molecule is O=C(COc1ccccc1)NCCC(=O)N1CCN(Cc2ccccc2)CC1. The van der Waals surface area contributed by atoms with Gasteiger partial charge >= 0.3 is 0 Å². The molecule has 28 heavy (non-hydrogen) atoms. The first kappa shape index (κ1) is 19.9. The molecule has 1 saturated heterocycles. The summed E-state index contributed by atoms with van der Waals surface area (Å²) in [4.78, 5) is 28.4. The number of para-hydroxylation sites is 1. The van der Waals surface area contributed by atoms with Crippen LogP contribution in [0.15, 0.2) is 60.7 Å². The molecule has 2 amide bonds. The molecule has 1 aliphatic rings. The highest BCUT2D eigenvalue weighted by Crippen LogP contribution is 2.09. The third kappa shape index (κ3) is 6.39. The van der Waals surface area contributed by atoms with E-state index in [1.165, 1.54) is 5.56 Å². The van der Waals surface area contributed by atoms with Crippen LogP contribution in [0, 0.1) is 0 Å². The summed E-state index contributed by atoms with van der Waals surface area (Å²) in [5.41, 5.74) is 1.29. The Bertz CT molecular complexity index is 744. The normalized spacial score (nSPS) is 14.5. The van der Waals surface area contributed by atoms with Gasteiger partial charge in [0.05, 0.1) is 0 Å². The molecule has 0 bridgehead atoms. The first-order chi connectivity index (χ1) is 13.7. The van der Waals surface area contributed by atoms with E-state index < -0.39 is 0 Å². The van der Waals surface area contributed by atoms with Crippen LogP contribution in [0.25, 0.3) is 0 Å². The van der Waals surface area contributed by atoms with E-state index in [9.17, 15) is 9.59 Å². The largest absolute Gasteiger partial charge is 0.484 e. The molecule has 1 N–H and O–H groups in total. The second-order valence-corrected chi connectivity index (χ2v) is 6.84. The van der Waals surface area contributed by atoms with E-state index in [1.54, 1.807) is 12.1 Å². The Morgan fingerprint density at radius 2 is 1.54 bits per heavy atom. The van der Waals surface area contributed by atoms with E-state index in [0.717, 1.165) is 32.7 Å². The molecule has 148 valence electrons. The molecule has 1 heterocycles. The highest BCUT2D eigenvalue weighted by atomic mass is 16.5. The number of carbonyl (C=O) groups excluding carboxylic acids is 2. The molecule has 0 aromatic heterocycles. The fourth-order valence-electron chi connectivity index (χ4n) is 3.18. The Labute approximate surface area is 166 Å². The maximum Gasteiger partial charge on any atom is 0.257 e. The van der Waals surface area contributed by atoms with Gasteiger partial charge in [-0.2, -0.15) is 0 Å². The monoisotopic (exact) mass is 381 g/mol. The molecule has 6 heteroatoms. The summed E-state index contributed by atoms with van der Waals surface area (Å²) in [6.07, 6.45) is 0.315. The lowest BCUT2D eigenvalue weighted by molar-refractivity contribution is -0.133. The van der Waals surface area contributed by atoms with Gasteiger partial charge in [0, 0.05) is 45.7 Å². The van der Waals surface area contributed by atoms with Gasteiger partial charge < -0.3 is 15.0 Å². The predicted octanol–water partition coefficient (Wildman–Crippen LogP) is 1.92. The van der Waals surface area contributed by atoms with Crippen LogP contribution in [0.1, 0.15) is 12.0 Å². The highest BCUT2D eigenvalue weighted by Gasteiger charge is 2.20. The minimum atomic E-state index is -0.218. The molecule has 2 aromatic carbocycles. The van der Waals surface area contributed by atoms with E-state index in [0.29, 0.717) is 18.7 Å². The number of hydrogen-bond acceptors (Lipinski definition) is 4. The number of nitrogens with zero attached hydrogens (tertiary/aromatic N) is 2. The molecule has 0 spiro atoms. The van der Waals surface area contributed by atoms with Gasteiger partial charge in [0.15, 0.2) is 6.61 Å². The lowest BCUT2D eigenvalue weighted by Gasteiger charge is -2.34. The highest BCUT2D eigenvalue weighted by molar-refractivity contribution is 5.80. The van der Waals surface area contributed by atoms with Crippen LogP contribution in [0.4, 0.5) is 0 Å². The third-order valence-corrected chi connectivity index (χ3v) is 4.75. The molecule has 0 atom stereocenters. The van der Waals surface area contributed by atoms with Gasteiger partial charge in [0.1, 0.15) is 5.75 Å². The number of carbonyl (C=O) groups is 2. The Hall–Kier alpha value is -2.86. The van der Waals surface area contributed by atoms with Gasteiger partial charge in [0.2, 0.25) is 5.91 Å². The van der Waals surface area contributed by atoms with Crippen molar-refractivity contribution >= 4 is 11.8 Å². The Balaban J connectivity index is 1.29. The van der Waals surface area contributed by atoms with Gasteiger partial charge in [-0.05, 0) is 17.7 Å². The van der Waals surface area contributed by atoms with Gasteiger partial charge in [-0.25, -0.2) is 0 Å². The molecule has 6 nitrogen and oxygen atoms in total. The minimum Gasteiger partial charge on any atom is -0.484 e. The zero-order chi connectivity index (χ0) is 19.6. The van der Waals surface area contributed by atoms with Gasteiger partial charge in [-0.1, -0.05) is 48.5 Å². The van der Waals surface area contributed by atoms with Crippen molar-refractivity contribution in [1.29, 1.82) is 0 Å². The molecule has 0 radical (unpaired) electrons. The third-order valence-electron chi connectivity index (χ3n) is 4.75. The summed E-state index contributed by atoms with van der Waals surface area (Å²) >= 11 is 0. The molecule has 0 unspecified atom stereocenters. The lowest BCUT2D eigenvalue weighted by Crippen LogP contribution is -2.48. The summed E-state index contributed by atoms with van der Waals surface area (Å²) in [6, 6.07) is 19.6. The van der Waals surface area contributed by atoms with Crippen LogP contribution in [0.3, 0.4) is 0 Å². The Morgan fingerprint density at radius 3 is 2.21 bits per heavy atom. The summed E-state index contributed by atoms with van der Waals surface area (Å²) in [5, 5.41) is 2.74. The maximum absolute atomic E-state index is 12.3. The van der Waals surface area contributed by atoms with Crippen molar-refractivity contribution < 1.29 is 14.3 Å². The van der Waals surface area contributed by atoms with Gasteiger partial charge in [-0.3, -0.25) is 14.5 Å². The van der Waals surface area contributed by atoms with Crippen LogP contribution in [-0.2, 0) is 16.1 Å². The lowest BCUT2D eigenvalue weighted by atomic mass is 10.2. The van der Waals surface area contributed by atoms with Crippen LogP contribution >= 0.6 is 0 Å². The average Bonchev–Trinajstić information content (AvgIpc) is 2.74. The summed E-state index contributed by atoms with van der Waals surface area (Å²) in [7, 11) is 0. The van der Waals surface area contributed by atoms with Crippen molar-refractivity contribution in [2.45, 2.75) is 13.0 Å². The number of ether oxygens (including phenoxy) is 1. The smallest absolute Gasteiger partial charge is 0.257 e. The fourth-order valence-corrected chi connectivity index (χ4v) is 3.18. The zero-order valence-corrected chi connectivity index (χ0v) is 16.0. The molecule has 2 aromatic rings. The van der Waals surface area contributed by atoms with Crippen LogP contribution in [-0.4, -0.2) is 60.9 Å². The first-order valence-electron chi connectivity index (χ1n) is 9.69. The summed E-state index contributed by atoms with van der Waals surface area (Å²) in [6.45, 7) is 4.42. The van der Waals surface area contributed by atoms with Crippen molar-refractivity contribution in [1.82, 2.24) is 15.1 Å². The topological polar surface area (TPSA) is 61.9 Å². The molecular formula is C22H27N3O3. The molecule has 0 aliphatic carbocycles. The molecule has 1 fully saturated rings. The van der Waals surface area contributed by atoms with Crippen LogP contribution in [0.5, 0.6) is 5.75 Å². The van der Waals surface area contributed by atoms with Gasteiger partial charge in [0.25, 0.3) is 5.91 Å². The van der Waals surface area contributed by atoms with Crippen LogP contribution in [0.2, 0.25) is 0 Å². The summed E-state index contributed by atoms with van der Waals surface area (Å²) in [5.74, 6) is 0.523. The van der Waals surface area contributed by atoms with Crippen molar-refractivity contribution in [3.05, 3.63) is 66.2 Å². The number of hydrogen-bond donors (Lipinski definition) is 1. The van der Waals surface area contributed by atoms with Crippen LogP contribution < -0.4 is 10.1 Å². The average molecular weight is 381 g/mol. The second kappa shape index (κ2) is 10.5. The van der Waals surface area contributed by atoms with E-state index in [4.69, 9.17) is 4.74 Å². The molecule has 1 aliphatic heterocycles. The molecule has 0 saturated carbocycles. The molecule has 3 rings (SSSR count). The quantitative estimate of drug-likeness (QED) is 0.759. The van der Waals surface area contributed by atoms with Crippen molar-refractivity contribution in [3.8, 4) is 5.75 Å². The minimum absolute atomic E-state index is 0.0453. The number of amides is 2. The van der Waals surface area contributed by atoms with Gasteiger partial charge in [-0.15, -0.1) is 0 Å². The number of rotatable bonds is 8. The molecular weight excluding hydrogens is 354 g/mol. The number of nitrogens with one attached hydrogen (secondary N) is 1. The van der Waals surface area contributed by atoms with E-state index in [-0.39, 0.29) is 18.4 Å². The van der Waals surface area contributed by atoms with E-state index in [1.807, 2.05) is 41.3 Å². The maximum atomic E-state index is 12.3. The van der Waals surface area contributed by atoms with Crippen molar-refractivity contribution in [2.24, 2.45) is 0 Å².